The Kier molecular flexibility index (Phi) is 2.87. The second-order valence-corrected chi connectivity index (χ2v) is 6.90. The Balaban J connectivity index is 1.70. The number of carboxylic acids is 2. The van der Waals surface area contributed by atoms with E-state index in [1.165, 1.54) is 23.1 Å². The van der Waals surface area contributed by atoms with E-state index in [-0.39, 0.29) is 25.2 Å². The van der Waals surface area contributed by atoms with Crippen LogP contribution in [0.5, 0.6) is 0 Å². The summed E-state index contributed by atoms with van der Waals surface area (Å²) in [6.45, 7) is -0.271. The molecule has 0 radical (unpaired) electrons. The maximum absolute atomic E-state index is 13.4. The summed E-state index contributed by atoms with van der Waals surface area (Å²) in [7, 11) is 1.66. The van der Waals surface area contributed by atoms with Gasteiger partial charge in [0, 0.05) is 31.0 Å². The van der Waals surface area contributed by atoms with Crippen LogP contribution in [0.4, 0.5) is 4.39 Å². The second kappa shape index (κ2) is 4.59. The van der Waals surface area contributed by atoms with E-state index in [1.54, 1.807) is 17.7 Å². The molecule has 1 saturated carbocycles. The average Bonchev–Trinajstić information content (AvgIpc) is 2.92. The zero-order valence-electron chi connectivity index (χ0n) is 13.3. The number of benzene rings is 1. The van der Waals surface area contributed by atoms with Crippen molar-refractivity contribution < 1.29 is 29.0 Å². The molecular formula is C17H15FN2O5. The van der Waals surface area contributed by atoms with Crippen molar-refractivity contribution in [2.45, 2.75) is 6.42 Å². The van der Waals surface area contributed by atoms with Crippen LogP contribution in [0.1, 0.15) is 16.9 Å². The Labute approximate surface area is 141 Å². The molecule has 7 nitrogen and oxygen atoms in total. The molecule has 1 aromatic heterocycles. The number of aliphatic carboxylic acids is 2. The van der Waals surface area contributed by atoms with Crippen LogP contribution in [-0.4, -0.2) is 50.6 Å². The first-order valence-corrected chi connectivity index (χ1v) is 7.73. The van der Waals surface area contributed by atoms with Crippen molar-refractivity contribution in [1.29, 1.82) is 0 Å². The Hall–Kier alpha value is -2.90. The van der Waals surface area contributed by atoms with Gasteiger partial charge in [-0.3, -0.25) is 14.4 Å². The lowest BCUT2D eigenvalue weighted by atomic mass is 9.97. The summed E-state index contributed by atoms with van der Waals surface area (Å²) in [5, 5.41) is 19.5. The molecule has 0 bridgehead atoms. The van der Waals surface area contributed by atoms with E-state index in [0.29, 0.717) is 10.9 Å². The molecule has 2 fully saturated rings. The summed E-state index contributed by atoms with van der Waals surface area (Å²) in [6, 6.07) is 5.69. The number of fused-ring (bicyclic) bond motifs is 2. The summed E-state index contributed by atoms with van der Waals surface area (Å²) >= 11 is 0. The summed E-state index contributed by atoms with van der Waals surface area (Å²) in [6.07, 6.45) is 0.0365. The third kappa shape index (κ3) is 1.82. The monoisotopic (exact) mass is 346 g/mol. The molecule has 2 N–H and O–H groups in total. The van der Waals surface area contributed by atoms with E-state index in [9.17, 15) is 29.0 Å². The SMILES string of the molecule is Cn1c(C(=O)N2C[C@@]3(C(=O)O)C[C@@]3(C(=O)O)C2)cc2cc(F)ccc21. The van der Waals surface area contributed by atoms with Crippen LogP contribution >= 0.6 is 0 Å². The average molecular weight is 346 g/mol. The fourth-order valence-corrected chi connectivity index (χ4v) is 4.12. The number of aromatic nitrogens is 1. The molecule has 1 aromatic carbocycles. The summed E-state index contributed by atoms with van der Waals surface area (Å²) in [5.41, 5.74) is -1.89. The summed E-state index contributed by atoms with van der Waals surface area (Å²) < 4.78 is 15.0. The minimum Gasteiger partial charge on any atom is -0.481 e. The number of carbonyl (C=O) groups excluding carboxylic acids is 1. The molecule has 4 rings (SSSR count). The number of amides is 1. The highest BCUT2D eigenvalue weighted by atomic mass is 19.1. The Morgan fingerprint density at radius 1 is 1.08 bits per heavy atom. The number of likely N-dealkylation sites (tertiary alicyclic amines) is 1. The van der Waals surface area contributed by atoms with Gasteiger partial charge in [0.15, 0.2) is 0 Å². The fourth-order valence-electron chi connectivity index (χ4n) is 4.12. The molecule has 130 valence electrons. The molecular weight excluding hydrogens is 331 g/mol. The van der Waals surface area contributed by atoms with Crippen molar-refractivity contribution in [2.75, 3.05) is 13.1 Å². The Bertz CT molecular complexity index is 939. The molecule has 0 unspecified atom stereocenters. The van der Waals surface area contributed by atoms with Crippen LogP contribution in [0.15, 0.2) is 24.3 Å². The van der Waals surface area contributed by atoms with Gasteiger partial charge < -0.3 is 19.7 Å². The van der Waals surface area contributed by atoms with E-state index in [0.717, 1.165) is 0 Å². The van der Waals surface area contributed by atoms with Gasteiger partial charge >= 0.3 is 11.9 Å². The maximum atomic E-state index is 13.4. The number of hydrogen-bond acceptors (Lipinski definition) is 3. The number of hydrogen-bond donors (Lipinski definition) is 2. The first-order chi connectivity index (χ1) is 11.7. The van der Waals surface area contributed by atoms with Gasteiger partial charge in [-0.1, -0.05) is 0 Å². The van der Waals surface area contributed by atoms with Gasteiger partial charge in [-0.05, 0) is 30.7 Å². The molecule has 2 atom stereocenters. The lowest BCUT2D eigenvalue weighted by molar-refractivity contribution is -0.151. The van der Waals surface area contributed by atoms with Crippen molar-refractivity contribution in [3.05, 3.63) is 35.8 Å². The van der Waals surface area contributed by atoms with Gasteiger partial charge in [-0.2, -0.15) is 0 Å². The molecule has 1 saturated heterocycles. The third-order valence-electron chi connectivity index (χ3n) is 5.65. The predicted octanol–water partition coefficient (Wildman–Crippen LogP) is 1.32. The minimum atomic E-state index is -1.41. The molecule has 0 spiro atoms. The quantitative estimate of drug-likeness (QED) is 0.873. The van der Waals surface area contributed by atoms with Crippen LogP contribution in [0, 0.1) is 16.6 Å². The highest BCUT2D eigenvalue weighted by Crippen LogP contribution is 2.68. The number of nitrogens with zero attached hydrogens (tertiary/aromatic N) is 2. The number of aryl methyl sites for hydroxylation is 1. The number of rotatable bonds is 3. The van der Waals surface area contributed by atoms with E-state index >= 15 is 0 Å². The summed E-state index contributed by atoms with van der Waals surface area (Å²) in [5.74, 6) is -3.25. The molecule has 1 aliphatic carbocycles. The van der Waals surface area contributed by atoms with Gasteiger partial charge in [0.2, 0.25) is 0 Å². The number of carbonyl (C=O) groups is 3. The van der Waals surface area contributed by atoms with Crippen LogP contribution in [0.3, 0.4) is 0 Å². The molecule has 1 aliphatic heterocycles. The molecule has 1 amide bonds. The van der Waals surface area contributed by atoms with E-state index in [2.05, 4.69) is 0 Å². The zero-order valence-corrected chi connectivity index (χ0v) is 13.3. The molecule has 25 heavy (non-hydrogen) atoms. The first kappa shape index (κ1) is 15.6. The van der Waals surface area contributed by atoms with Gasteiger partial charge in [0.25, 0.3) is 5.91 Å². The van der Waals surface area contributed by atoms with Crippen LogP contribution in [0.25, 0.3) is 10.9 Å². The molecule has 2 heterocycles. The first-order valence-electron chi connectivity index (χ1n) is 7.73. The zero-order chi connectivity index (χ0) is 18.1. The van der Waals surface area contributed by atoms with Crippen molar-refractivity contribution in [3.63, 3.8) is 0 Å². The van der Waals surface area contributed by atoms with Gasteiger partial charge in [0.1, 0.15) is 22.3 Å². The third-order valence-corrected chi connectivity index (χ3v) is 5.65. The fraction of sp³-hybridized carbons (Fsp3) is 0.353. The number of piperidine rings is 1. The highest BCUT2D eigenvalue weighted by Gasteiger charge is 2.81. The lowest BCUT2D eigenvalue weighted by Gasteiger charge is -2.20. The second-order valence-electron chi connectivity index (χ2n) is 6.90. The summed E-state index contributed by atoms with van der Waals surface area (Å²) in [4.78, 5) is 37.3. The molecule has 8 heteroatoms. The van der Waals surface area contributed by atoms with E-state index < -0.39 is 34.5 Å². The molecule has 2 aliphatic rings. The highest BCUT2D eigenvalue weighted by molar-refractivity contribution is 6.02. The van der Waals surface area contributed by atoms with E-state index in [4.69, 9.17) is 0 Å². The standard InChI is InChI=1S/C17H15FN2O5/c1-19-11-3-2-10(18)4-9(11)5-12(19)13(21)20-7-16(14(22)23)6-17(16,8-20)15(24)25/h2-5H,6-8H2,1H3,(H,22,23)(H,24,25)/t16-,17+. The number of carboxylic acid groups (broad SMARTS) is 2. The van der Waals surface area contributed by atoms with Crippen molar-refractivity contribution in [3.8, 4) is 0 Å². The van der Waals surface area contributed by atoms with Gasteiger partial charge in [-0.25, -0.2) is 4.39 Å². The van der Waals surface area contributed by atoms with Crippen molar-refractivity contribution in [1.82, 2.24) is 9.47 Å². The van der Waals surface area contributed by atoms with Crippen LogP contribution < -0.4 is 0 Å². The smallest absolute Gasteiger partial charge is 0.312 e. The normalized spacial score (nSPS) is 27.4. The largest absolute Gasteiger partial charge is 0.481 e. The number of halogens is 1. The topological polar surface area (TPSA) is 99.8 Å². The van der Waals surface area contributed by atoms with Crippen molar-refractivity contribution in [2.24, 2.45) is 17.9 Å². The molecule has 2 aromatic rings. The van der Waals surface area contributed by atoms with E-state index in [1.807, 2.05) is 0 Å². The maximum Gasteiger partial charge on any atom is 0.312 e. The Morgan fingerprint density at radius 3 is 2.24 bits per heavy atom. The van der Waals surface area contributed by atoms with Crippen LogP contribution in [-0.2, 0) is 16.6 Å². The van der Waals surface area contributed by atoms with Crippen molar-refractivity contribution >= 4 is 28.7 Å². The van der Waals surface area contributed by atoms with Gasteiger partial charge in [0.05, 0.1) is 0 Å². The van der Waals surface area contributed by atoms with Gasteiger partial charge in [-0.15, -0.1) is 0 Å². The predicted molar refractivity (Wildman–Crippen MR) is 83.5 cm³/mol. The lowest BCUT2D eigenvalue weighted by Crippen LogP contribution is -2.35. The van der Waals surface area contributed by atoms with Crippen LogP contribution in [0.2, 0.25) is 0 Å². The minimum absolute atomic E-state index is 0.0365. The Morgan fingerprint density at radius 2 is 1.68 bits per heavy atom.